The Balaban J connectivity index is 1.21. The lowest BCUT2D eigenvalue weighted by Crippen LogP contribution is -2.45. The van der Waals surface area contributed by atoms with Crippen LogP contribution in [-0.4, -0.2) is 70.8 Å². The van der Waals surface area contributed by atoms with Crippen molar-refractivity contribution in [3.05, 3.63) is 256 Å². The molecule has 0 aromatic heterocycles. The second kappa shape index (κ2) is 27.3. The normalized spacial score (nSPS) is 11.6. The van der Waals surface area contributed by atoms with Crippen molar-refractivity contribution in [3.8, 4) is 23.0 Å². The van der Waals surface area contributed by atoms with E-state index in [0.29, 0.717) is 11.3 Å². The van der Waals surface area contributed by atoms with E-state index in [1.807, 2.05) is 121 Å². The van der Waals surface area contributed by atoms with Gasteiger partial charge in [0.05, 0.1) is 27.6 Å². The molecule has 8 aromatic carbocycles. The number of nitrogens with zero attached hydrogens (tertiary/aromatic N) is 1. The number of benzene rings is 8. The van der Waals surface area contributed by atoms with Gasteiger partial charge in [-0.05, 0) is 82.8 Å². The molecule has 0 fully saturated rings. The topological polar surface area (TPSA) is 162 Å². The van der Waals surface area contributed by atoms with Gasteiger partial charge in [0, 0.05) is 14.2 Å². The fourth-order valence-corrected chi connectivity index (χ4v) is 9.74. The summed E-state index contributed by atoms with van der Waals surface area (Å²) in [6.07, 6.45) is 0.0828. The molecule has 8 aromatic rings. The van der Waals surface area contributed by atoms with Crippen LogP contribution in [0.1, 0.15) is 64.5 Å². The van der Waals surface area contributed by atoms with E-state index in [0.717, 1.165) is 26.6 Å². The quantitative estimate of drug-likeness (QED) is 0.0272. The molecule has 394 valence electrons. The van der Waals surface area contributed by atoms with E-state index < -0.39 is 40.4 Å². The number of hydrogen-bond acceptors (Lipinski definition) is 13. The summed E-state index contributed by atoms with van der Waals surface area (Å²) >= 11 is 0. The first-order chi connectivity index (χ1) is 37.6. The maximum absolute atomic E-state index is 15.8. The molecule has 0 heterocycles. The van der Waals surface area contributed by atoms with E-state index >= 15 is 4.79 Å². The number of carbonyl (C=O) groups excluding carboxylic acids is 3. The SMILES string of the molecule is COCOc1ccc(CC(COC(=O)c2cc(OCc3ccccc3)c(C(=O)c3c(OCc4ccccc4)cccc3C(=O)OCc3ccccc3)c(OCc3ccccc3)c2)N(COC)S(=O)(=O)c2ccccc2)cc1. The third-order valence-electron chi connectivity index (χ3n) is 12.1. The fourth-order valence-electron chi connectivity index (χ4n) is 8.19. The third-order valence-corrected chi connectivity index (χ3v) is 14.0. The van der Waals surface area contributed by atoms with Crippen molar-refractivity contribution >= 4 is 27.7 Å². The Hall–Kier alpha value is -8.60. The molecule has 0 saturated heterocycles. The zero-order valence-electron chi connectivity index (χ0n) is 42.5. The Bertz CT molecular complexity index is 3230. The van der Waals surface area contributed by atoms with E-state index in [1.54, 1.807) is 54.6 Å². The van der Waals surface area contributed by atoms with Gasteiger partial charge in [0.15, 0.2) is 6.79 Å². The molecule has 0 aliphatic heterocycles. The third kappa shape index (κ3) is 14.8. The molecule has 15 heteroatoms. The zero-order valence-corrected chi connectivity index (χ0v) is 43.3. The number of ether oxygens (including phenoxy) is 8. The van der Waals surface area contributed by atoms with Crippen LogP contribution >= 0.6 is 0 Å². The number of carbonyl (C=O) groups is 3. The van der Waals surface area contributed by atoms with Crippen LogP contribution in [0.2, 0.25) is 0 Å². The Labute approximate surface area is 448 Å². The van der Waals surface area contributed by atoms with Crippen LogP contribution in [-0.2, 0) is 61.8 Å². The number of hydrogen-bond donors (Lipinski definition) is 0. The molecule has 1 atom stereocenters. The smallest absolute Gasteiger partial charge is 0.339 e. The second-order valence-corrected chi connectivity index (χ2v) is 19.4. The average molecular weight is 1060 g/mol. The molecule has 1 unspecified atom stereocenters. The van der Waals surface area contributed by atoms with Crippen molar-refractivity contribution in [1.29, 1.82) is 0 Å². The van der Waals surface area contributed by atoms with Gasteiger partial charge in [0.1, 0.15) is 68.3 Å². The van der Waals surface area contributed by atoms with Gasteiger partial charge in [-0.2, -0.15) is 4.31 Å². The molecule has 0 aliphatic rings. The van der Waals surface area contributed by atoms with Crippen LogP contribution in [0.25, 0.3) is 0 Å². The van der Waals surface area contributed by atoms with Gasteiger partial charge in [-0.1, -0.05) is 158 Å². The van der Waals surface area contributed by atoms with Gasteiger partial charge >= 0.3 is 11.9 Å². The van der Waals surface area contributed by atoms with Gasteiger partial charge in [0.25, 0.3) is 0 Å². The first-order valence-electron chi connectivity index (χ1n) is 24.6. The second-order valence-electron chi connectivity index (χ2n) is 17.5. The highest BCUT2D eigenvalue weighted by Crippen LogP contribution is 2.38. The molecule has 0 radical (unpaired) electrons. The molecule has 0 aliphatic carbocycles. The summed E-state index contributed by atoms with van der Waals surface area (Å²) in [6, 6.07) is 58.3. The number of ketones is 1. The minimum Gasteiger partial charge on any atom is -0.488 e. The molecular formula is C62H57NO13S. The van der Waals surface area contributed by atoms with Crippen molar-refractivity contribution in [1.82, 2.24) is 4.31 Å². The number of methoxy groups -OCH3 is 2. The Kier molecular flexibility index (Phi) is 19.4. The largest absolute Gasteiger partial charge is 0.488 e. The lowest BCUT2D eigenvalue weighted by Gasteiger charge is -2.30. The molecule has 0 amide bonds. The summed E-state index contributed by atoms with van der Waals surface area (Å²) in [5.74, 6) is -1.97. The first kappa shape index (κ1) is 54.7. The average Bonchev–Trinajstić information content (AvgIpc) is 3.50. The molecule has 0 saturated carbocycles. The van der Waals surface area contributed by atoms with Crippen molar-refractivity contribution in [3.63, 3.8) is 0 Å². The van der Waals surface area contributed by atoms with E-state index in [1.165, 1.54) is 44.6 Å². The molecule has 0 bridgehead atoms. The summed E-state index contributed by atoms with van der Waals surface area (Å²) in [7, 11) is -1.35. The minimum atomic E-state index is -4.23. The van der Waals surface area contributed by atoms with Crippen molar-refractivity contribution in [2.75, 3.05) is 34.4 Å². The number of sulfonamides is 1. The van der Waals surface area contributed by atoms with Crippen LogP contribution in [0, 0.1) is 0 Å². The van der Waals surface area contributed by atoms with Crippen LogP contribution < -0.4 is 18.9 Å². The van der Waals surface area contributed by atoms with Crippen LogP contribution in [0.5, 0.6) is 23.0 Å². The van der Waals surface area contributed by atoms with Gasteiger partial charge < -0.3 is 37.9 Å². The van der Waals surface area contributed by atoms with E-state index in [2.05, 4.69) is 0 Å². The Morgan fingerprint density at radius 1 is 0.468 bits per heavy atom. The summed E-state index contributed by atoms with van der Waals surface area (Å²) in [6.45, 7) is -0.936. The molecular weight excluding hydrogens is 999 g/mol. The number of esters is 2. The summed E-state index contributed by atoms with van der Waals surface area (Å²) in [5.41, 5.74) is 3.28. The molecule has 8 rings (SSSR count). The highest BCUT2D eigenvalue weighted by atomic mass is 32.2. The standard InChI is InChI=1S/C62H57NO13S/c1-69-43-63(77(67,68)53-27-16-7-17-28-53)51(35-45-31-33-52(34-32-45)76-44-70-2)42-75-61(65)50-36-56(72-39-47-21-10-4-11-22-47)59(57(37-50)73-40-48-23-12-5-13-24-48)60(64)58-54(62(66)74-41-49-25-14-6-15-26-49)29-18-30-55(58)71-38-46-19-8-3-9-20-46/h3-34,36-37,51H,35,38-44H2,1-2H3. The van der Waals surface area contributed by atoms with E-state index in [9.17, 15) is 18.0 Å². The fraction of sp³-hybridized carbons (Fsp3) is 0.177. The maximum atomic E-state index is 15.8. The highest BCUT2D eigenvalue weighted by Gasteiger charge is 2.35. The summed E-state index contributed by atoms with van der Waals surface area (Å²) < 4.78 is 77.4. The predicted molar refractivity (Wildman–Crippen MR) is 288 cm³/mol. The lowest BCUT2D eigenvalue weighted by atomic mass is 9.94. The maximum Gasteiger partial charge on any atom is 0.339 e. The number of rotatable bonds is 27. The van der Waals surface area contributed by atoms with Gasteiger partial charge in [-0.15, -0.1) is 0 Å². The minimum absolute atomic E-state index is 0.0111. The van der Waals surface area contributed by atoms with Crippen LogP contribution in [0.3, 0.4) is 0 Å². The highest BCUT2D eigenvalue weighted by molar-refractivity contribution is 7.89. The van der Waals surface area contributed by atoms with Gasteiger partial charge in [0.2, 0.25) is 15.8 Å². The van der Waals surface area contributed by atoms with Gasteiger partial charge in [-0.3, -0.25) is 4.79 Å². The van der Waals surface area contributed by atoms with E-state index in [4.69, 9.17) is 37.9 Å². The zero-order chi connectivity index (χ0) is 53.8. The predicted octanol–water partition coefficient (Wildman–Crippen LogP) is 11.1. The summed E-state index contributed by atoms with van der Waals surface area (Å²) in [5, 5.41) is 0. The monoisotopic (exact) mass is 1060 g/mol. The first-order valence-corrected chi connectivity index (χ1v) is 26.1. The molecule has 77 heavy (non-hydrogen) atoms. The van der Waals surface area contributed by atoms with Crippen molar-refractivity contribution in [2.45, 2.75) is 43.8 Å². The lowest BCUT2D eigenvalue weighted by molar-refractivity contribution is 0.0300. The van der Waals surface area contributed by atoms with Crippen LogP contribution in [0.15, 0.2) is 211 Å². The Morgan fingerprint density at radius 2 is 0.961 bits per heavy atom. The summed E-state index contributed by atoms with van der Waals surface area (Å²) in [4.78, 5) is 44.8. The molecule has 0 spiro atoms. The molecule has 14 nitrogen and oxygen atoms in total. The van der Waals surface area contributed by atoms with Crippen molar-refractivity contribution < 1.29 is 60.7 Å². The van der Waals surface area contributed by atoms with Crippen LogP contribution in [0.4, 0.5) is 0 Å². The molecule has 0 N–H and O–H groups in total. The van der Waals surface area contributed by atoms with Crippen molar-refractivity contribution in [2.24, 2.45) is 0 Å². The van der Waals surface area contributed by atoms with E-state index in [-0.39, 0.29) is 90.8 Å². The van der Waals surface area contributed by atoms with Gasteiger partial charge in [-0.25, -0.2) is 18.0 Å². The Morgan fingerprint density at radius 3 is 1.47 bits per heavy atom.